The molecule has 162 valence electrons. The Morgan fingerprint density at radius 2 is 1.84 bits per heavy atom. The minimum atomic E-state index is -3.74. The molecule has 9 heteroatoms. The minimum Gasteiger partial charge on any atom is -0.349 e. The second-order valence-corrected chi connectivity index (χ2v) is 10.1. The number of aryl methyl sites for hydroxylation is 1. The Morgan fingerprint density at radius 1 is 1.03 bits per heavy atom. The van der Waals surface area contributed by atoms with Gasteiger partial charge >= 0.3 is 0 Å². The number of sulfonamides is 1. The number of fused-ring (bicyclic) bond motifs is 2. The molecule has 1 fully saturated rings. The molecule has 31 heavy (non-hydrogen) atoms. The SMILES string of the molecule is O=C(N[C@H]1CCCc2ccccc21)C1CCN(S(=O)(=O)c2cccc3nonc23)CC1. The van der Waals surface area contributed by atoms with E-state index in [0.717, 1.165) is 19.3 Å². The van der Waals surface area contributed by atoms with Crippen molar-refractivity contribution in [3.8, 4) is 0 Å². The van der Waals surface area contributed by atoms with Gasteiger partial charge in [-0.1, -0.05) is 30.3 Å². The number of nitrogens with one attached hydrogen (secondary N) is 1. The number of piperidine rings is 1. The Bertz CT molecular complexity index is 1210. The molecule has 1 aliphatic carbocycles. The van der Waals surface area contributed by atoms with E-state index in [-0.39, 0.29) is 28.3 Å². The molecule has 3 aromatic rings. The highest BCUT2D eigenvalue weighted by Gasteiger charge is 2.34. The third-order valence-electron chi connectivity index (χ3n) is 6.38. The van der Waals surface area contributed by atoms with Gasteiger partial charge in [-0.25, -0.2) is 13.0 Å². The van der Waals surface area contributed by atoms with Crippen molar-refractivity contribution in [2.75, 3.05) is 13.1 Å². The zero-order chi connectivity index (χ0) is 21.4. The molecule has 1 aliphatic heterocycles. The summed E-state index contributed by atoms with van der Waals surface area (Å²) in [5.74, 6) is -0.174. The highest BCUT2D eigenvalue weighted by atomic mass is 32.2. The van der Waals surface area contributed by atoms with E-state index in [1.54, 1.807) is 12.1 Å². The van der Waals surface area contributed by atoms with Crippen LogP contribution < -0.4 is 5.32 Å². The predicted molar refractivity (Wildman–Crippen MR) is 114 cm³/mol. The predicted octanol–water partition coefficient (Wildman–Crippen LogP) is 2.82. The molecular weight excluding hydrogens is 416 g/mol. The summed E-state index contributed by atoms with van der Waals surface area (Å²) in [6.45, 7) is 0.590. The fourth-order valence-electron chi connectivity index (χ4n) is 4.68. The van der Waals surface area contributed by atoms with Crippen molar-refractivity contribution < 1.29 is 17.8 Å². The molecule has 8 nitrogen and oxygen atoms in total. The van der Waals surface area contributed by atoms with Gasteiger partial charge in [0.1, 0.15) is 10.4 Å². The van der Waals surface area contributed by atoms with E-state index in [2.05, 4.69) is 27.8 Å². The van der Waals surface area contributed by atoms with E-state index >= 15 is 0 Å². The van der Waals surface area contributed by atoms with E-state index in [0.29, 0.717) is 31.4 Å². The molecule has 0 unspecified atom stereocenters. The Morgan fingerprint density at radius 3 is 2.68 bits per heavy atom. The van der Waals surface area contributed by atoms with Gasteiger partial charge in [0, 0.05) is 19.0 Å². The lowest BCUT2D eigenvalue weighted by atomic mass is 9.87. The number of hydrogen-bond donors (Lipinski definition) is 1. The number of benzene rings is 2. The lowest BCUT2D eigenvalue weighted by Gasteiger charge is -2.32. The summed E-state index contributed by atoms with van der Waals surface area (Å²) in [6, 6.07) is 13.1. The fourth-order valence-corrected chi connectivity index (χ4v) is 6.29. The molecular formula is C22H24N4O4S. The number of nitrogens with zero attached hydrogens (tertiary/aromatic N) is 3. The third kappa shape index (κ3) is 3.72. The van der Waals surface area contributed by atoms with E-state index in [1.807, 2.05) is 12.1 Å². The Hall–Kier alpha value is -2.78. The number of amides is 1. The van der Waals surface area contributed by atoms with Crippen molar-refractivity contribution in [2.45, 2.75) is 43.0 Å². The Labute approximate surface area is 180 Å². The maximum atomic E-state index is 13.1. The maximum Gasteiger partial charge on any atom is 0.245 e. The first-order valence-electron chi connectivity index (χ1n) is 10.6. The van der Waals surface area contributed by atoms with Crippen LogP contribution in [0.1, 0.15) is 42.9 Å². The molecule has 0 saturated carbocycles. The van der Waals surface area contributed by atoms with Crippen LogP contribution in [0.25, 0.3) is 11.0 Å². The molecule has 2 aromatic carbocycles. The van der Waals surface area contributed by atoms with Gasteiger partial charge in [0.25, 0.3) is 0 Å². The van der Waals surface area contributed by atoms with Crippen molar-refractivity contribution in [1.29, 1.82) is 0 Å². The molecule has 2 heterocycles. The van der Waals surface area contributed by atoms with Gasteiger partial charge in [0.2, 0.25) is 15.9 Å². The molecule has 0 bridgehead atoms. The van der Waals surface area contributed by atoms with Crippen LogP contribution in [0.15, 0.2) is 52.0 Å². The van der Waals surface area contributed by atoms with Crippen molar-refractivity contribution >= 4 is 27.0 Å². The van der Waals surface area contributed by atoms with Crippen molar-refractivity contribution in [3.05, 3.63) is 53.6 Å². The fraction of sp³-hybridized carbons (Fsp3) is 0.409. The van der Waals surface area contributed by atoms with Gasteiger partial charge in [0.05, 0.1) is 6.04 Å². The first-order valence-corrected chi connectivity index (χ1v) is 12.1. The summed E-state index contributed by atoms with van der Waals surface area (Å²) in [4.78, 5) is 13.0. The lowest BCUT2D eigenvalue weighted by molar-refractivity contribution is -0.127. The van der Waals surface area contributed by atoms with Gasteiger partial charge < -0.3 is 5.32 Å². The molecule has 0 spiro atoms. The summed E-state index contributed by atoms with van der Waals surface area (Å²) in [5.41, 5.74) is 3.15. The first kappa shape index (κ1) is 20.1. The van der Waals surface area contributed by atoms with Crippen LogP contribution in [0.3, 0.4) is 0 Å². The van der Waals surface area contributed by atoms with Crippen LogP contribution in [-0.2, 0) is 21.2 Å². The van der Waals surface area contributed by atoms with Gasteiger partial charge in [-0.05, 0) is 65.7 Å². The van der Waals surface area contributed by atoms with Crippen LogP contribution in [-0.4, -0.2) is 42.0 Å². The second kappa shape index (κ2) is 8.05. The zero-order valence-electron chi connectivity index (χ0n) is 17.0. The quantitative estimate of drug-likeness (QED) is 0.669. The number of rotatable bonds is 4. The number of aromatic nitrogens is 2. The second-order valence-electron chi connectivity index (χ2n) is 8.22. The molecule has 1 amide bonds. The molecule has 1 saturated heterocycles. The van der Waals surface area contributed by atoms with E-state index in [4.69, 9.17) is 4.63 Å². The van der Waals surface area contributed by atoms with E-state index in [1.165, 1.54) is 21.5 Å². The highest BCUT2D eigenvalue weighted by molar-refractivity contribution is 7.89. The smallest absolute Gasteiger partial charge is 0.245 e. The summed E-state index contributed by atoms with van der Waals surface area (Å²) >= 11 is 0. The zero-order valence-corrected chi connectivity index (χ0v) is 17.8. The molecule has 1 N–H and O–H groups in total. The van der Waals surface area contributed by atoms with Gasteiger partial charge in [-0.2, -0.15) is 4.31 Å². The molecule has 5 rings (SSSR count). The Kier molecular flexibility index (Phi) is 5.23. The summed E-state index contributed by atoms with van der Waals surface area (Å²) in [6.07, 6.45) is 4.03. The molecule has 1 aromatic heterocycles. The van der Waals surface area contributed by atoms with Crippen LogP contribution >= 0.6 is 0 Å². The highest BCUT2D eigenvalue weighted by Crippen LogP contribution is 2.31. The third-order valence-corrected chi connectivity index (χ3v) is 8.31. The molecule has 0 radical (unpaired) electrons. The van der Waals surface area contributed by atoms with Crippen LogP contribution in [0.5, 0.6) is 0 Å². The minimum absolute atomic E-state index is 0.0153. The van der Waals surface area contributed by atoms with Crippen molar-refractivity contribution in [1.82, 2.24) is 19.9 Å². The largest absolute Gasteiger partial charge is 0.349 e. The standard InChI is InChI=1S/C22H24N4O4S/c27-22(23-18-8-3-6-15-5-1-2-7-17(15)18)16-11-13-26(14-12-16)31(28,29)20-10-4-9-19-21(20)25-30-24-19/h1-2,4-5,7,9-10,16,18H,3,6,8,11-14H2,(H,23,27)/t18-/m0/s1. The maximum absolute atomic E-state index is 13.1. The first-order chi connectivity index (χ1) is 15.0. The average Bonchev–Trinajstić information content (AvgIpc) is 3.28. The van der Waals surface area contributed by atoms with Crippen molar-refractivity contribution in [2.24, 2.45) is 5.92 Å². The number of hydrogen-bond acceptors (Lipinski definition) is 6. The summed E-state index contributed by atoms with van der Waals surface area (Å²) in [5, 5.41) is 10.7. The number of carbonyl (C=O) groups excluding carboxylic acids is 1. The summed E-state index contributed by atoms with van der Waals surface area (Å²) in [7, 11) is -3.74. The van der Waals surface area contributed by atoms with Gasteiger partial charge in [-0.3, -0.25) is 4.79 Å². The lowest BCUT2D eigenvalue weighted by Crippen LogP contribution is -2.44. The van der Waals surface area contributed by atoms with E-state index in [9.17, 15) is 13.2 Å². The van der Waals surface area contributed by atoms with E-state index < -0.39 is 10.0 Å². The molecule has 2 aliphatic rings. The van der Waals surface area contributed by atoms with Gasteiger partial charge in [0.15, 0.2) is 5.52 Å². The van der Waals surface area contributed by atoms with Crippen LogP contribution in [0.2, 0.25) is 0 Å². The normalized spacial score (nSPS) is 20.5. The topological polar surface area (TPSA) is 105 Å². The van der Waals surface area contributed by atoms with Gasteiger partial charge in [-0.15, -0.1) is 0 Å². The number of carbonyl (C=O) groups is 1. The van der Waals surface area contributed by atoms with Crippen LogP contribution in [0, 0.1) is 5.92 Å². The van der Waals surface area contributed by atoms with Crippen LogP contribution in [0.4, 0.5) is 0 Å². The summed E-state index contributed by atoms with van der Waals surface area (Å²) < 4.78 is 32.4. The average molecular weight is 441 g/mol. The Balaban J connectivity index is 1.25. The van der Waals surface area contributed by atoms with Crippen molar-refractivity contribution in [3.63, 3.8) is 0 Å². The molecule has 1 atom stereocenters. The monoisotopic (exact) mass is 440 g/mol.